The van der Waals surface area contributed by atoms with Gasteiger partial charge in [0.2, 0.25) is 11.7 Å². The molecule has 0 aliphatic carbocycles. The second kappa shape index (κ2) is 7.38. The molecule has 0 saturated carbocycles. The van der Waals surface area contributed by atoms with Gasteiger partial charge in [0.25, 0.3) is 0 Å². The normalized spacial score (nSPS) is 20.1. The summed E-state index contributed by atoms with van der Waals surface area (Å²) in [5.74, 6) is 3.49. The number of nitrogens with zero attached hydrogens (tertiary/aromatic N) is 4. The number of para-hydroxylation sites is 1. The van der Waals surface area contributed by atoms with Gasteiger partial charge in [-0.2, -0.15) is 0 Å². The van der Waals surface area contributed by atoms with Gasteiger partial charge in [-0.3, -0.25) is 4.90 Å². The fraction of sp³-hybridized carbons (Fsp3) is 0.160. The van der Waals surface area contributed by atoms with E-state index in [4.69, 9.17) is 11.4 Å². The number of aliphatic imine (C=N–C) groups is 3. The number of benzene rings is 2. The molecule has 6 nitrogen and oxygen atoms in total. The monoisotopic (exact) mass is 407 g/mol. The number of hydrogen-bond donors (Lipinski definition) is 2. The molecule has 152 valence electrons. The number of allylic oxidation sites excluding steroid dienone is 1. The molecule has 6 heteroatoms. The van der Waals surface area contributed by atoms with Crippen LogP contribution >= 0.6 is 0 Å². The molecule has 0 aromatic heterocycles. The van der Waals surface area contributed by atoms with Crippen LogP contribution in [0.5, 0.6) is 0 Å². The van der Waals surface area contributed by atoms with Gasteiger partial charge in [-0.1, -0.05) is 49.0 Å². The summed E-state index contributed by atoms with van der Waals surface area (Å²) in [7, 11) is 0. The highest BCUT2D eigenvalue weighted by atomic mass is 16.3. The quantitative estimate of drug-likeness (QED) is 0.567. The van der Waals surface area contributed by atoms with Gasteiger partial charge >= 0.3 is 0 Å². The van der Waals surface area contributed by atoms with Crippen molar-refractivity contribution in [1.29, 1.82) is 0 Å². The molecule has 0 spiro atoms. The van der Waals surface area contributed by atoms with Crippen molar-refractivity contribution in [3.05, 3.63) is 77.9 Å². The Morgan fingerprint density at radius 3 is 2.81 bits per heavy atom. The van der Waals surface area contributed by atoms with E-state index in [1.165, 1.54) is 0 Å². The van der Waals surface area contributed by atoms with Gasteiger partial charge in [-0.15, -0.1) is 12.3 Å². The minimum Gasteiger partial charge on any atom is -0.385 e. The number of hydrogen-bond acceptors (Lipinski definition) is 6. The lowest BCUT2D eigenvalue weighted by Crippen LogP contribution is -2.42. The highest BCUT2D eigenvalue weighted by molar-refractivity contribution is 6.22. The summed E-state index contributed by atoms with van der Waals surface area (Å²) in [5, 5.41) is 14.9. The SMILES string of the molecule is C#CCCCNC(=C)c1ccc(C2(O)N=C3N=CC=C4c5ccccc5N=C2N43)cc1. The lowest BCUT2D eigenvalue weighted by molar-refractivity contribution is 0.122. The average molecular weight is 407 g/mol. The maximum atomic E-state index is 11.6. The minimum absolute atomic E-state index is 0.428. The largest absolute Gasteiger partial charge is 0.385 e. The zero-order valence-corrected chi connectivity index (χ0v) is 16.9. The molecule has 1 unspecified atom stereocenters. The number of rotatable bonds is 6. The zero-order chi connectivity index (χ0) is 21.4. The van der Waals surface area contributed by atoms with Gasteiger partial charge < -0.3 is 10.4 Å². The number of guanidine groups is 1. The van der Waals surface area contributed by atoms with E-state index in [2.05, 4.69) is 27.8 Å². The van der Waals surface area contributed by atoms with Crippen LogP contribution in [0.4, 0.5) is 5.69 Å². The summed E-state index contributed by atoms with van der Waals surface area (Å²) in [5.41, 5.74) is 3.43. The van der Waals surface area contributed by atoms with E-state index in [1.54, 1.807) is 6.21 Å². The van der Waals surface area contributed by atoms with Gasteiger partial charge in [-0.25, -0.2) is 15.0 Å². The highest BCUT2D eigenvalue weighted by Gasteiger charge is 2.50. The molecule has 3 heterocycles. The Morgan fingerprint density at radius 1 is 1.19 bits per heavy atom. The molecule has 2 N–H and O–H groups in total. The predicted octanol–water partition coefficient (Wildman–Crippen LogP) is 3.65. The van der Waals surface area contributed by atoms with Crippen molar-refractivity contribution in [3.8, 4) is 12.3 Å². The zero-order valence-electron chi connectivity index (χ0n) is 16.9. The number of unbranched alkanes of at least 4 members (excludes halogenated alkanes) is 1. The van der Waals surface area contributed by atoms with E-state index in [-0.39, 0.29) is 0 Å². The maximum absolute atomic E-state index is 11.6. The average Bonchev–Trinajstić information content (AvgIpc) is 3.10. The van der Waals surface area contributed by atoms with Crippen molar-refractivity contribution in [3.63, 3.8) is 0 Å². The van der Waals surface area contributed by atoms with Crippen LogP contribution in [0, 0.1) is 12.3 Å². The molecule has 0 amide bonds. The summed E-state index contributed by atoms with van der Waals surface area (Å²) >= 11 is 0. The molecule has 0 bridgehead atoms. The Balaban J connectivity index is 1.47. The standard InChI is InChI=1S/C25H21N5O/c1-3-4-7-15-26-17(2)18-10-12-19(13-11-18)25(31)23-28-21-9-6-5-8-20(21)22-14-16-27-24(29-25)30(22)23/h1,5-6,8-14,16,26,31H,2,4,7,15H2. The maximum Gasteiger partial charge on any atom is 0.246 e. The van der Waals surface area contributed by atoms with Crippen molar-refractivity contribution in [2.24, 2.45) is 15.0 Å². The topological polar surface area (TPSA) is 72.6 Å². The third-order valence-corrected chi connectivity index (χ3v) is 5.53. The third kappa shape index (κ3) is 3.07. The lowest BCUT2D eigenvalue weighted by atomic mass is 9.97. The first-order valence-electron chi connectivity index (χ1n) is 10.1. The van der Waals surface area contributed by atoms with Crippen molar-refractivity contribution in [2.45, 2.75) is 18.6 Å². The van der Waals surface area contributed by atoms with Crippen LogP contribution in [0.2, 0.25) is 0 Å². The minimum atomic E-state index is -1.62. The Labute approximate surface area is 181 Å². The first kappa shape index (κ1) is 19.0. The van der Waals surface area contributed by atoms with Crippen LogP contribution < -0.4 is 5.32 Å². The first-order valence-corrected chi connectivity index (χ1v) is 10.1. The van der Waals surface area contributed by atoms with Gasteiger partial charge in [0.1, 0.15) is 0 Å². The summed E-state index contributed by atoms with van der Waals surface area (Å²) in [6.07, 6.45) is 10.5. The van der Waals surface area contributed by atoms with E-state index in [9.17, 15) is 5.11 Å². The Hall–Kier alpha value is -3.95. The number of nitrogens with one attached hydrogen (secondary N) is 1. The van der Waals surface area contributed by atoms with Gasteiger partial charge in [-0.05, 0) is 24.1 Å². The van der Waals surface area contributed by atoms with Crippen LogP contribution in [0.3, 0.4) is 0 Å². The summed E-state index contributed by atoms with van der Waals surface area (Å²) < 4.78 is 0. The van der Waals surface area contributed by atoms with Crippen molar-refractivity contribution >= 4 is 35.1 Å². The summed E-state index contributed by atoms with van der Waals surface area (Å²) in [4.78, 5) is 15.5. The second-order valence-corrected chi connectivity index (χ2v) is 7.49. The van der Waals surface area contributed by atoms with E-state index < -0.39 is 5.72 Å². The fourth-order valence-electron chi connectivity index (χ4n) is 3.92. The van der Waals surface area contributed by atoms with Crippen molar-refractivity contribution < 1.29 is 5.11 Å². The highest BCUT2D eigenvalue weighted by Crippen LogP contribution is 2.44. The summed E-state index contributed by atoms with van der Waals surface area (Å²) in [6, 6.07) is 15.4. The number of amidine groups is 1. The van der Waals surface area contributed by atoms with Gasteiger partial charge in [0.15, 0.2) is 5.84 Å². The van der Waals surface area contributed by atoms with Crippen LogP contribution in [-0.2, 0) is 5.72 Å². The molecule has 31 heavy (non-hydrogen) atoms. The molecule has 2 aromatic rings. The molecule has 3 aliphatic rings. The second-order valence-electron chi connectivity index (χ2n) is 7.49. The number of terminal acetylenes is 1. The van der Waals surface area contributed by atoms with Crippen LogP contribution in [0.25, 0.3) is 11.4 Å². The van der Waals surface area contributed by atoms with E-state index in [0.29, 0.717) is 17.4 Å². The van der Waals surface area contributed by atoms with Crippen molar-refractivity contribution in [2.75, 3.05) is 6.54 Å². The smallest absolute Gasteiger partial charge is 0.246 e. The van der Waals surface area contributed by atoms with Crippen LogP contribution in [0.15, 0.2) is 76.2 Å². The molecule has 0 saturated heterocycles. The molecule has 0 fully saturated rings. The number of aliphatic hydroxyl groups is 1. The van der Waals surface area contributed by atoms with E-state index in [1.807, 2.05) is 59.5 Å². The fourth-order valence-corrected chi connectivity index (χ4v) is 3.92. The first-order chi connectivity index (χ1) is 15.1. The molecular weight excluding hydrogens is 386 g/mol. The molecular formula is C25H21N5O. The van der Waals surface area contributed by atoms with E-state index in [0.717, 1.165) is 47.6 Å². The summed E-state index contributed by atoms with van der Waals surface area (Å²) in [6.45, 7) is 4.85. The molecule has 5 rings (SSSR count). The van der Waals surface area contributed by atoms with Crippen molar-refractivity contribution in [1.82, 2.24) is 10.2 Å². The Morgan fingerprint density at radius 2 is 2.00 bits per heavy atom. The van der Waals surface area contributed by atoms with Crippen LogP contribution in [0.1, 0.15) is 29.5 Å². The van der Waals surface area contributed by atoms with Gasteiger partial charge in [0, 0.05) is 36.0 Å². The predicted molar refractivity (Wildman–Crippen MR) is 125 cm³/mol. The van der Waals surface area contributed by atoms with E-state index >= 15 is 0 Å². The lowest BCUT2D eigenvalue weighted by Gasteiger charge is -2.32. The molecule has 0 radical (unpaired) electrons. The third-order valence-electron chi connectivity index (χ3n) is 5.53. The molecule has 1 atom stereocenters. The molecule has 3 aliphatic heterocycles. The molecule has 2 aromatic carbocycles. The number of fused-ring (bicyclic) bond motifs is 2. The Kier molecular flexibility index (Phi) is 4.54. The van der Waals surface area contributed by atoms with Gasteiger partial charge in [0.05, 0.1) is 11.4 Å². The Bertz CT molecular complexity index is 1230. The van der Waals surface area contributed by atoms with Crippen LogP contribution in [-0.4, -0.2) is 34.6 Å².